The predicted octanol–water partition coefficient (Wildman–Crippen LogP) is 4.25. The quantitative estimate of drug-likeness (QED) is 0.700. The highest BCUT2D eigenvalue weighted by atomic mass is 19.1. The zero-order chi connectivity index (χ0) is 17.5. The average molecular weight is 336 g/mol. The lowest BCUT2D eigenvalue weighted by molar-refractivity contribution is 0.627. The van der Waals surface area contributed by atoms with Crippen LogP contribution in [0.3, 0.4) is 0 Å². The van der Waals surface area contributed by atoms with Crippen molar-refractivity contribution in [3.63, 3.8) is 0 Å². The maximum Gasteiger partial charge on any atom is 0.134 e. The smallest absolute Gasteiger partial charge is 0.134 e. The van der Waals surface area contributed by atoms with Crippen molar-refractivity contribution in [2.24, 2.45) is 0 Å². The summed E-state index contributed by atoms with van der Waals surface area (Å²) in [6, 6.07) is 18.7. The molecule has 0 aliphatic heterocycles. The molecule has 0 aliphatic carbocycles. The van der Waals surface area contributed by atoms with Gasteiger partial charge in [-0.25, -0.2) is 14.4 Å². The van der Waals surface area contributed by atoms with Gasteiger partial charge in [-0.1, -0.05) is 42.5 Å². The SMILES string of the molecule is CCN(Cc1ccccc1)c1cc(NCc2ccc(F)cc2)ncn1. The Morgan fingerprint density at radius 1 is 0.960 bits per heavy atom. The molecule has 0 radical (unpaired) electrons. The van der Waals surface area contributed by atoms with E-state index in [2.05, 4.69) is 39.2 Å². The van der Waals surface area contributed by atoms with E-state index in [0.29, 0.717) is 6.54 Å². The van der Waals surface area contributed by atoms with Gasteiger partial charge < -0.3 is 10.2 Å². The molecule has 1 N–H and O–H groups in total. The van der Waals surface area contributed by atoms with Gasteiger partial charge in [0.2, 0.25) is 0 Å². The van der Waals surface area contributed by atoms with Crippen LogP contribution in [0.5, 0.6) is 0 Å². The fraction of sp³-hybridized carbons (Fsp3) is 0.200. The highest BCUT2D eigenvalue weighted by molar-refractivity contribution is 5.49. The number of nitrogens with one attached hydrogen (secondary N) is 1. The van der Waals surface area contributed by atoms with Crippen LogP contribution in [0.4, 0.5) is 16.0 Å². The van der Waals surface area contributed by atoms with Crippen molar-refractivity contribution in [2.75, 3.05) is 16.8 Å². The summed E-state index contributed by atoms with van der Waals surface area (Å²) in [4.78, 5) is 10.9. The Labute approximate surface area is 147 Å². The first-order valence-corrected chi connectivity index (χ1v) is 8.34. The third-order valence-corrected chi connectivity index (χ3v) is 3.96. The minimum Gasteiger partial charge on any atom is -0.366 e. The summed E-state index contributed by atoms with van der Waals surface area (Å²) >= 11 is 0. The number of hydrogen-bond donors (Lipinski definition) is 1. The monoisotopic (exact) mass is 336 g/mol. The number of anilines is 2. The molecule has 128 valence electrons. The molecule has 0 atom stereocenters. The minimum atomic E-state index is -0.229. The number of halogens is 1. The van der Waals surface area contributed by atoms with Gasteiger partial charge in [0.05, 0.1) is 0 Å². The molecule has 0 amide bonds. The summed E-state index contributed by atoms with van der Waals surface area (Å²) in [6.07, 6.45) is 1.57. The van der Waals surface area contributed by atoms with E-state index in [1.165, 1.54) is 17.7 Å². The fourth-order valence-corrected chi connectivity index (χ4v) is 2.57. The van der Waals surface area contributed by atoms with Crippen LogP contribution in [0.2, 0.25) is 0 Å². The molecule has 2 aromatic carbocycles. The molecule has 0 unspecified atom stereocenters. The van der Waals surface area contributed by atoms with E-state index in [-0.39, 0.29) is 5.82 Å². The fourth-order valence-electron chi connectivity index (χ4n) is 2.57. The normalized spacial score (nSPS) is 10.5. The third kappa shape index (κ3) is 4.76. The molecule has 3 aromatic rings. The maximum atomic E-state index is 13.0. The molecule has 0 bridgehead atoms. The Kier molecular flexibility index (Phi) is 5.57. The molecule has 25 heavy (non-hydrogen) atoms. The number of rotatable bonds is 7. The highest BCUT2D eigenvalue weighted by Crippen LogP contribution is 2.17. The molecule has 0 saturated carbocycles. The van der Waals surface area contributed by atoms with Crippen LogP contribution in [0.15, 0.2) is 67.0 Å². The lowest BCUT2D eigenvalue weighted by Crippen LogP contribution is -2.23. The molecule has 5 heteroatoms. The van der Waals surface area contributed by atoms with Crippen molar-refractivity contribution in [1.82, 2.24) is 9.97 Å². The van der Waals surface area contributed by atoms with Crippen LogP contribution in [-0.4, -0.2) is 16.5 Å². The first-order chi connectivity index (χ1) is 12.2. The van der Waals surface area contributed by atoms with Crippen LogP contribution in [0.25, 0.3) is 0 Å². The van der Waals surface area contributed by atoms with Crippen molar-refractivity contribution in [2.45, 2.75) is 20.0 Å². The van der Waals surface area contributed by atoms with Gasteiger partial charge in [-0.2, -0.15) is 0 Å². The van der Waals surface area contributed by atoms with Crippen molar-refractivity contribution in [3.8, 4) is 0 Å². The second-order valence-corrected chi connectivity index (χ2v) is 5.74. The van der Waals surface area contributed by atoms with Gasteiger partial charge in [0.15, 0.2) is 0 Å². The summed E-state index contributed by atoms with van der Waals surface area (Å²) in [5.74, 6) is 1.40. The molecule has 0 aliphatic rings. The number of hydrogen-bond acceptors (Lipinski definition) is 4. The molecular weight excluding hydrogens is 315 g/mol. The Morgan fingerprint density at radius 2 is 1.72 bits per heavy atom. The van der Waals surface area contributed by atoms with Crippen molar-refractivity contribution < 1.29 is 4.39 Å². The molecule has 3 rings (SSSR count). The largest absolute Gasteiger partial charge is 0.366 e. The van der Waals surface area contributed by atoms with E-state index in [4.69, 9.17) is 0 Å². The standard InChI is InChI=1S/C20H21FN4/c1-2-25(14-17-6-4-3-5-7-17)20-12-19(23-15-24-20)22-13-16-8-10-18(21)11-9-16/h3-12,15H,2,13-14H2,1H3,(H,22,23,24). The first kappa shape index (κ1) is 16.9. The van der Waals surface area contributed by atoms with Gasteiger partial charge in [-0.3, -0.25) is 0 Å². The topological polar surface area (TPSA) is 41.0 Å². The van der Waals surface area contributed by atoms with Gasteiger partial charge in [0, 0.05) is 25.7 Å². The number of nitrogens with zero attached hydrogens (tertiary/aromatic N) is 3. The van der Waals surface area contributed by atoms with E-state index >= 15 is 0 Å². The molecular formula is C20H21FN4. The maximum absolute atomic E-state index is 13.0. The lowest BCUT2D eigenvalue weighted by atomic mass is 10.2. The van der Waals surface area contributed by atoms with Crippen LogP contribution < -0.4 is 10.2 Å². The molecule has 4 nitrogen and oxygen atoms in total. The van der Waals surface area contributed by atoms with Crippen LogP contribution >= 0.6 is 0 Å². The summed E-state index contributed by atoms with van der Waals surface area (Å²) in [6.45, 7) is 4.34. The summed E-state index contributed by atoms with van der Waals surface area (Å²) in [5.41, 5.74) is 2.24. The second kappa shape index (κ2) is 8.24. The third-order valence-electron chi connectivity index (χ3n) is 3.96. The first-order valence-electron chi connectivity index (χ1n) is 8.34. The van der Waals surface area contributed by atoms with Crippen molar-refractivity contribution >= 4 is 11.6 Å². The van der Waals surface area contributed by atoms with E-state index < -0.39 is 0 Å². The minimum absolute atomic E-state index is 0.229. The van der Waals surface area contributed by atoms with Gasteiger partial charge >= 0.3 is 0 Å². The Bertz CT molecular complexity index is 790. The lowest BCUT2D eigenvalue weighted by Gasteiger charge is -2.22. The van der Waals surface area contributed by atoms with Gasteiger partial charge in [-0.15, -0.1) is 0 Å². The van der Waals surface area contributed by atoms with E-state index in [1.807, 2.05) is 24.3 Å². The second-order valence-electron chi connectivity index (χ2n) is 5.74. The van der Waals surface area contributed by atoms with Crippen LogP contribution in [0, 0.1) is 5.82 Å². The Hall–Kier alpha value is -2.95. The zero-order valence-electron chi connectivity index (χ0n) is 14.2. The number of aromatic nitrogens is 2. The molecule has 1 aromatic heterocycles. The van der Waals surface area contributed by atoms with E-state index in [9.17, 15) is 4.39 Å². The highest BCUT2D eigenvalue weighted by Gasteiger charge is 2.08. The average Bonchev–Trinajstić information content (AvgIpc) is 2.67. The molecule has 0 spiro atoms. The molecule has 0 fully saturated rings. The summed E-state index contributed by atoms with van der Waals surface area (Å²) in [7, 11) is 0. The summed E-state index contributed by atoms with van der Waals surface area (Å²) in [5, 5.41) is 3.26. The Morgan fingerprint density at radius 3 is 2.44 bits per heavy atom. The van der Waals surface area contributed by atoms with Crippen LogP contribution in [-0.2, 0) is 13.1 Å². The zero-order valence-corrected chi connectivity index (χ0v) is 14.2. The van der Waals surface area contributed by atoms with Crippen molar-refractivity contribution in [3.05, 3.63) is 83.9 Å². The van der Waals surface area contributed by atoms with Gasteiger partial charge in [0.1, 0.15) is 23.8 Å². The van der Waals surface area contributed by atoms with Gasteiger partial charge in [0.25, 0.3) is 0 Å². The van der Waals surface area contributed by atoms with Crippen LogP contribution in [0.1, 0.15) is 18.1 Å². The van der Waals surface area contributed by atoms with Gasteiger partial charge in [-0.05, 0) is 30.2 Å². The van der Waals surface area contributed by atoms with E-state index in [0.717, 1.165) is 30.3 Å². The summed E-state index contributed by atoms with van der Waals surface area (Å²) < 4.78 is 13.0. The molecule has 1 heterocycles. The Balaban J connectivity index is 1.68. The van der Waals surface area contributed by atoms with Crippen molar-refractivity contribution in [1.29, 1.82) is 0 Å². The number of benzene rings is 2. The predicted molar refractivity (Wildman–Crippen MR) is 98.9 cm³/mol. The molecule has 0 saturated heterocycles. The van der Waals surface area contributed by atoms with E-state index in [1.54, 1.807) is 18.5 Å².